The molecule has 0 aliphatic heterocycles. The van der Waals surface area contributed by atoms with Gasteiger partial charge in [-0.05, 0) is 42.0 Å². The summed E-state index contributed by atoms with van der Waals surface area (Å²) in [5.41, 5.74) is 1.13. The average Bonchev–Trinajstić information content (AvgIpc) is 2.80. The first-order valence-corrected chi connectivity index (χ1v) is 6.46. The Morgan fingerprint density at radius 2 is 2.12 bits per heavy atom. The Hall–Kier alpha value is -1.32. The molecule has 0 atom stereocenters. The summed E-state index contributed by atoms with van der Waals surface area (Å²) in [4.78, 5) is 12.3. The molecular weight excluding hydrogens is 256 g/mol. The minimum absolute atomic E-state index is 0.300. The van der Waals surface area contributed by atoms with Gasteiger partial charge in [-0.25, -0.2) is 4.79 Å². The molecule has 2 aromatic rings. The topological polar surface area (TPSA) is 37.3 Å². The number of aryl methyl sites for hydroxylation is 2. The van der Waals surface area contributed by atoms with E-state index in [0.717, 1.165) is 18.4 Å². The molecule has 0 aliphatic carbocycles. The first kappa shape index (κ1) is 12.1. The van der Waals surface area contributed by atoms with Gasteiger partial charge in [-0.15, -0.1) is 11.3 Å². The van der Waals surface area contributed by atoms with Crippen molar-refractivity contribution in [3.8, 4) is 0 Å². The van der Waals surface area contributed by atoms with Crippen LogP contribution in [0.5, 0.6) is 0 Å². The van der Waals surface area contributed by atoms with Gasteiger partial charge in [0.1, 0.15) is 0 Å². The zero-order valence-corrected chi connectivity index (χ0v) is 10.6. The molecule has 0 aliphatic rings. The molecule has 0 saturated carbocycles. The fourth-order valence-corrected chi connectivity index (χ4v) is 2.56. The molecule has 0 fully saturated rings. The number of thiophene rings is 1. The number of hydrogen-bond acceptors (Lipinski definition) is 2. The molecule has 0 bridgehead atoms. The molecule has 0 unspecified atom stereocenters. The number of halogens is 1. The summed E-state index contributed by atoms with van der Waals surface area (Å²) < 4.78 is 0. The Morgan fingerprint density at radius 1 is 1.29 bits per heavy atom. The van der Waals surface area contributed by atoms with Crippen LogP contribution in [0.1, 0.15) is 20.8 Å². The van der Waals surface area contributed by atoms with Gasteiger partial charge in [0, 0.05) is 9.90 Å². The van der Waals surface area contributed by atoms with E-state index in [1.807, 2.05) is 11.4 Å². The van der Waals surface area contributed by atoms with Crippen molar-refractivity contribution in [2.24, 2.45) is 0 Å². The second kappa shape index (κ2) is 5.34. The monoisotopic (exact) mass is 266 g/mol. The van der Waals surface area contributed by atoms with Crippen molar-refractivity contribution in [1.29, 1.82) is 0 Å². The highest BCUT2D eigenvalue weighted by molar-refractivity contribution is 7.09. The van der Waals surface area contributed by atoms with Gasteiger partial charge in [-0.3, -0.25) is 0 Å². The summed E-state index contributed by atoms with van der Waals surface area (Å²) in [6.45, 7) is 0. The van der Waals surface area contributed by atoms with Gasteiger partial charge in [-0.2, -0.15) is 0 Å². The van der Waals surface area contributed by atoms with Crippen LogP contribution in [-0.4, -0.2) is 11.1 Å². The van der Waals surface area contributed by atoms with Gasteiger partial charge < -0.3 is 5.11 Å². The van der Waals surface area contributed by atoms with Crippen molar-refractivity contribution >= 4 is 28.9 Å². The first-order chi connectivity index (χ1) is 8.16. The summed E-state index contributed by atoms with van der Waals surface area (Å²) in [6.07, 6.45) is 1.58. The lowest BCUT2D eigenvalue weighted by atomic mass is 10.0. The second-order valence-electron chi connectivity index (χ2n) is 3.69. The normalized spacial score (nSPS) is 10.4. The molecule has 0 saturated heterocycles. The van der Waals surface area contributed by atoms with Crippen molar-refractivity contribution < 1.29 is 9.90 Å². The second-order valence-corrected chi connectivity index (χ2v) is 5.15. The van der Waals surface area contributed by atoms with Crippen molar-refractivity contribution in [2.45, 2.75) is 12.8 Å². The number of aromatic carboxylic acids is 1. The third-order valence-corrected chi connectivity index (χ3v) is 3.69. The molecule has 0 radical (unpaired) electrons. The van der Waals surface area contributed by atoms with Crippen molar-refractivity contribution in [3.63, 3.8) is 0 Å². The van der Waals surface area contributed by atoms with E-state index in [4.69, 9.17) is 16.7 Å². The fraction of sp³-hybridized carbons (Fsp3) is 0.154. The Balaban J connectivity index is 2.17. The minimum atomic E-state index is -0.923. The minimum Gasteiger partial charge on any atom is -0.478 e. The Kier molecular flexibility index (Phi) is 3.82. The van der Waals surface area contributed by atoms with E-state index in [9.17, 15) is 4.79 Å². The maximum absolute atomic E-state index is 11.1. The molecule has 1 aromatic heterocycles. The van der Waals surface area contributed by atoms with Crippen LogP contribution in [0.4, 0.5) is 0 Å². The van der Waals surface area contributed by atoms with Crippen LogP contribution in [0.15, 0.2) is 35.7 Å². The summed E-state index contributed by atoms with van der Waals surface area (Å²) in [7, 11) is 0. The van der Waals surface area contributed by atoms with E-state index in [0.29, 0.717) is 10.6 Å². The maximum atomic E-state index is 11.1. The van der Waals surface area contributed by atoms with Crippen LogP contribution in [0, 0.1) is 0 Å². The van der Waals surface area contributed by atoms with Gasteiger partial charge >= 0.3 is 5.97 Å². The van der Waals surface area contributed by atoms with Gasteiger partial charge in [-0.1, -0.05) is 23.7 Å². The van der Waals surface area contributed by atoms with E-state index >= 15 is 0 Å². The van der Waals surface area contributed by atoms with Crippen molar-refractivity contribution in [3.05, 3.63) is 56.7 Å². The van der Waals surface area contributed by atoms with Gasteiger partial charge in [0.2, 0.25) is 0 Å². The number of carboxylic acid groups (broad SMARTS) is 1. The van der Waals surface area contributed by atoms with Crippen LogP contribution in [0.2, 0.25) is 5.02 Å². The molecule has 17 heavy (non-hydrogen) atoms. The summed E-state index contributed by atoms with van der Waals surface area (Å²) in [6, 6.07) is 9.09. The Morgan fingerprint density at radius 3 is 2.76 bits per heavy atom. The van der Waals surface area contributed by atoms with Gasteiger partial charge in [0.05, 0.1) is 5.56 Å². The zero-order valence-electron chi connectivity index (χ0n) is 9.02. The van der Waals surface area contributed by atoms with Crippen LogP contribution in [0.3, 0.4) is 0 Å². The standard InChI is InChI=1S/C13H11ClO2S/c14-10-5-3-9(12(8-10)13(15)16)4-6-11-2-1-7-17-11/h1-3,5,7-8H,4,6H2,(H,15,16). The van der Waals surface area contributed by atoms with E-state index in [-0.39, 0.29) is 0 Å². The lowest BCUT2D eigenvalue weighted by Gasteiger charge is -2.05. The largest absolute Gasteiger partial charge is 0.478 e. The first-order valence-electron chi connectivity index (χ1n) is 5.21. The molecule has 2 nitrogen and oxygen atoms in total. The summed E-state index contributed by atoms with van der Waals surface area (Å²) in [5, 5.41) is 11.6. The maximum Gasteiger partial charge on any atom is 0.336 e. The highest BCUT2D eigenvalue weighted by Gasteiger charge is 2.10. The van der Waals surface area contributed by atoms with Gasteiger partial charge in [0.25, 0.3) is 0 Å². The highest BCUT2D eigenvalue weighted by Crippen LogP contribution is 2.19. The van der Waals surface area contributed by atoms with Crippen molar-refractivity contribution in [1.82, 2.24) is 0 Å². The molecule has 88 valence electrons. The molecule has 1 aromatic carbocycles. The number of carbonyl (C=O) groups is 1. The Bertz CT molecular complexity index is 520. The third-order valence-electron chi connectivity index (χ3n) is 2.52. The smallest absolute Gasteiger partial charge is 0.336 e. The van der Waals surface area contributed by atoms with Crippen LogP contribution in [-0.2, 0) is 12.8 Å². The lowest BCUT2D eigenvalue weighted by Crippen LogP contribution is -2.03. The van der Waals surface area contributed by atoms with E-state index < -0.39 is 5.97 Å². The number of carboxylic acids is 1. The summed E-state index contributed by atoms with van der Waals surface area (Å²) in [5.74, 6) is -0.923. The van der Waals surface area contributed by atoms with Crippen LogP contribution < -0.4 is 0 Å². The predicted octanol–water partition coefficient (Wildman–Crippen LogP) is 3.88. The van der Waals surface area contributed by atoms with E-state index in [2.05, 4.69) is 6.07 Å². The highest BCUT2D eigenvalue weighted by atomic mass is 35.5. The fourth-order valence-electron chi connectivity index (χ4n) is 1.68. The predicted molar refractivity (Wildman–Crippen MR) is 70.1 cm³/mol. The number of benzene rings is 1. The van der Waals surface area contributed by atoms with E-state index in [1.165, 1.54) is 10.9 Å². The van der Waals surface area contributed by atoms with Crippen molar-refractivity contribution in [2.75, 3.05) is 0 Å². The molecule has 1 heterocycles. The average molecular weight is 267 g/mol. The molecule has 1 N–H and O–H groups in total. The third kappa shape index (κ3) is 3.08. The number of rotatable bonds is 4. The SMILES string of the molecule is O=C(O)c1cc(Cl)ccc1CCc1cccs1. The van der Waals surface area contributed by atoms with E-state index in [1.54, 1.807) is 23.5 Å². The van der Waals surface area contributed by atoms with Crippen LogP contribution >= 0.6 is 22.9 Å². The molecule has 0 spiro atoms. The Labute approximate surface area is 108 Å². The zero-order chi connectivity index (χ0) is 12.3. The molecule has 4 heteroatoms. The van der Waals surface area contributed by atoms with Gasteiger partial charge in [0.15, 0.2) is 0 Å². The lowest BCUT2D eigenvalue weighted by molar-refractivity contribution is 0.0695. The number of hydrogen-bond donors (Lipinski definition) is 1. The molecule has 0 amide bonds. The quantitative estimate of drug-likeness (QED) is 0.912. The molecular formula is C13H11ClO2S. The summed E-state index contributed by atoms with van der Waals surface area (Å²) >= 11 is 7.49. The molecule has 2 rings (SSSR count). The van der Waals surface area contributed by atoms with Crippen LogP contribution in [0.25, 0.3) is 0 Å².